The minimum Gasteiger partial charge on any atom is -0.453 e. The minimum atomic E-state index is -1.05. The van der Waals surface area contributed by atoms with Gasteiger partial charge in [-0.2, -0.15) is 0 Å². The maximum absolute atomic E-state index is 13.8. The molecular formula is C27H34FN7O5. The smallest absolute Gasteiger partial charge is 0.407 e. The molecule has 0 radical (unpaired) electrons. The number of aromatic nitrogens is 4. The van der Waals surface area contributed by atoms with Crippen molar-refractivity contribution in [3.63, 3.8) is 0 Å². The second kappa shape index (κ2) is 13.5. The second-order valence-corrected chi connectivity index (χ2v) is 9.80. The fourth-order valence-corrected chi connectivity index (χ4v) is 3.93. The molecule has 0 saturated carbocycles. The normalized spacial score (nSPS) is 12.1. The molecule has 0 aliphatic heterocycles. The Labute approximate surface area is 230 Å². The van der Waals surface area contributed by atoms with Crippen LogP contribution < -0.4 is 16.2 Å². The number of fused-ring (bicyclic) bond motifs is 1. The molecule has 1 unspecified atom stereocenters. The number of anilines is 1. The van der Waals surface area contributed by atoms with Crippen molar-refractivity contribution in [1.29, 1.82) is 0 Å². The number of likely N-dealkylation sites (N-methyl/N-ethyl adjacent to an activating group) is 1. The molecule has 0 fully saturated rings. The van der Waals surface area contributed by atoms with Crippen LogP contribution in [0.3, 0.4) is 0 Å². The molecule has 2 N–H and O–H groups in total. The van der Waals surface area contributed by atoms with Gasteiger partial charge in [0.05, 0.1) is 37.2 Å². The van der Waals surface area contributed by atoms with Gasteiger partial charge in [0.25, 0.3) is 5.56 Å². The summed E-state index contributed by atoms with van der Waals surface area (Å²) in [4.78, 5) is 59.9. The van der Waals surface area contributed by atoms with Gasteiger partial charge in [0.1, 0.15) is 23.4 Å². The summed E-state index contributed by atoms with van der Waals surface area (Å²) in [6, 6.07) is 3.31. The van der Waals surface area contributed by atoms with Gasteiger partial charge < -0.3 is 24.8 Å². The van der Waals surface area contributed by atoms with E-state index < -0.39 is 29.4 Å². The molecule has 0 bridgehead atoms. The quantitative estimate of drug-likeness (QED) is 0.347. The Morgan fingerprint density at radius 2 is 1.98 bits per heavy atom. The summed E-state index contributed by atoms with van der Waals surface area (Å²) in [5, 5.41) is 4.97. The first-order chi connectivity index (χ1) is 19.0. The lowest BCUT2D eigenvalue weighted by Gasteiger charge is -2.17. The van der Waals surface area contributed by atoms with Gasteiger partial charge in [-0.15, -0.1) is 0 Å². The van der Waals surface area contributed by atoms with E-state index in [2.05, 4.69) is 25.3 Å². The molecule has 0 saturated heterocycles. The van der Waals surface area contributed by atoms with E-state index in [1.165, 1.54) is 47.3 Å². The fourth-order valence-electron chi connectivity index (χ4n) is 3.93. The van der Waals surface area contributed by atoms with Crippen molar-refractivity contribution >= 4 is 34.6 Å². The van der Waals surface area contributed by atoms with Crippen molar-refractivity contribution in [3.05, 3.63) is 64.9 Å². The largest absolute Gasteiger partial charge is 0.453 e. The molecule has 0 aliphatic carbocycles. The van der Waals surface area contributed by atoms with E-state index in [4.69, 9.17) is 0 Å². The highest BCUT2D eigenvalue weighted by atomic mass is 19.1. The molecule has 0 aliphatic rings. The Morgan fingerprint density at radius 1 is 1.23 bits per heavy atom. The highest BCUT2D eigenvalue weighted by Crippen LogP contribution is 2.20. The van der Waals surface area contributed by atoms with Crippen LogP contribution in [-0.4, -0.2) is 69.2 Å². The first-order valence-electron chi connectivity index (χ1n) is 12.7. The summed E-state index contributed by atoms with van der Waals surface area (Å²) in [5.41, 5.74) is 0.582. The number of ether oxygens (including phenoxy) is 1. The molecule has 3 aromatic rings. The van der Waals surface area contributed by atoms with E-state index in [0.717, 1.165) is 5.52 Å². The van der Waals surface area contributed by atoms with Crippen LogP contribution in [0.4, 0.5) is 14.9 Å². The summed E-state index contributed by atoms with van der Waals surface area (Å²) in [6.45, 7) is 4.72. The van der Waals surface area contributed by atoms with Gasteiger partial charge in [0.2, 0.25) is 11.8 Å². The molecule has 2 aromatic heterocycles. The number of carbonyl (C=O) groups excluding carboxylic acids is 3. The summed E-state index contributed by atoms with van der Waals surface area (Å²) >= 11 is 0. The van der Waals surface area contributed by atoms with Crippen LogP contribution in [0.15, 0.2) is 47.7 Å². The average molecular weight is 556 g/mol. The van der Waals surface area contributed by atoms with Crippen LogP contribution in [0.5, 0.6) is 0 Å². The number of amides is 3. The van der Waals surface area contributed by atoms with E-state index in [9.17, 15) is 23.6 Å². The zero-order chi connectivity index (χ0) is 29.4. The number of carbonyl (C=O) groups is 3. The molecule has 12 nitrogen and oxygen atoms in total. The zero-order valence-electron chi connectivity index (χ0n) is 23.2. The van der Waals surface area contributed by atoms with Crippen molar-refractivity contribution in [1.82, 2.24) is 29.3 Å². The lowest BCUT2D eigenvalue weighted by atomic mass is 10.1. The van der Waals surface area contributed by atoms with Crippen LogP contribution in [0, 0.1) is 11.7 Å². The maximum atomic E-state index is 13.8. The number of nitrogens with one attached hydrogen (secondary N) is 2. The fraction of sp³-hybridized carbons (Fsp3) is 0.407. The second-order valence-electron chi connectivity index (χ2n) is 9.80. The van der Waals surface area contributed by atoms with Gasteiger partial charge in [0.15, 0.2) is 0 Å². The van der Waals surface area contributed by atoms with E-state index in [1.807, 2.05) is 18.4 Å². The Morgan fingerprint density at radius 3 is 2.65 bits per heavy atom. The van der Waals surface area contributed by atoms with Gasteiger partial charge in [-0.1, -0.05) is 19.9 Å². The Balaban J connectivity index is 1.82. The van der Waals surface area contributed by atoms with Gasteiger partial charge in [-0.05, 0) is 37.0 Å². The van der Waals surface area contributed by atoms with Crippen molar-refractivity contribution in [2.24, 2.45) is 5.92 Å². The monoisotopic (exact) mass is 555 g/mol. The number of rotatable bonds is 11. The molecular weight excluding hydrogens is 521 g/mol. The summed E-state index contributed by atoms with van der Waals surface area (Å²) < 4.78 is 21.7. The highest BCUT2D eigenvalue weighted by Gasteiger charge is 2.22. The number of allylic oxidation sites excluding steroid dienone is 1. The van der Waals surface area contributed by atoms with E-state index in [1.54, 1.807) is 26.2 Å². The van der Waals surface area contributed by atoms with Gasteiger partial charge in [0, 0.05) is 26.7 Å². The first kappa shape index (κ1) is 30.0. The third-order valence-electron chi connectivity index (χ3n) is 5.92. The lowest BCUT2D eigenvalue weighted by Crippen LogP contribution is -2.44. The van der Waals surface area contributed by atoms with E-state index >= 15 is 0 Å². The van der Waals surface area contributed by atoms with Crippen LogP contribution in [-0.2, 0) is 27.4 Å². The number of halogens is 1. The molecule has 40 heavy (non-hydrogen) atoms. The van der Waals surface area contributed by atoms with Crippen LogP contribution >= 0.6 is 0 Å². The van der Waals surface area contributed by atoms with Crippen molar-refractivity contribution in [3.8, 4) is 0 Å². The molecule has 3 rings (SSSR count). The van der Waals surface area contributed by atoms with Gasteiger partial charge in [-0.3, -0.25) is 19.0 Å². The lowest BCUT2D eigenvalue weighted by molar-refractivity contribution is -0.123. The number of methoxy groups -OCH3 is 1. The summed E-state index contributed by atoms with van der Waals surface area (Å²) in [7, 11) is 4.39. The van der Waals surface area contributed by atoms with Crippen LogP contribution in [0.1, 0.15) is 32.5 Å². The van der Waals surface area contributed by atoms with Crippen molar-refractivity contribution in [2.45, 2.75) is 45.8 Å². The maximum Gasteiger partial charge on any atom is 0.407 e. The molecule has 1 aromatic carbocycles. The predicted molar refractivity (Wildman–Crippen MR) is 147 cm³/mol. The number of alkyl carbamates (subject to hydrolysis) is 1. The van der Waals surface area contributed by atoms with Gasteiger partial charge in [-0.25, -0.2) is 19.2 Å². The van der Waals surface area contributed by atoms with Crippen LogP contribution in [0.2, 0.25) is 0 Å². The molecule has 0 spiro atoms. The van der Waals surface area contributed by atoms with Crippen molar-refractivity contribution < 1.29 is 23.5 Å². The third-order valence-corrected chi connectivity index (χ3v) is 5.92. The Kier molecular flexibility index (Phi) is 10.1. The SMILES string of the molecule is COC(=O)NC(CC/C=C/C(=O)N(C)C)C(=O)Nc1cncn(Cc2nc3cc(F)ccc3n2CC(C)C)c1=O. The highest BCUT2D eigenvalue weighted by molar-refractivity contribution is 5.96. The minimum absolute atomic E-state index is 0.0348. The summed E-state index contributed by atoms with van der Waals surface area (Å²) in [5.74, 6) is -0.490. The number of benzene rings is 1. The predicted octanol–water partition coefficient (Wildman–Crippen LogP) is 2.52. The molecule has 2 heterocycles. The molecule has 3 amide bonds. The van der Waals surface area contributed by atoms with Crippen LogP contribution in [0.25, 0.3) is 11.0 Å². The molecule has 214 valence electrons. The number of nitrogens with zero attached hydrogens (tertiary/aromatic N) is 5. The van der Waals surface area contributed by atoms with E-state index in [-0.39, 0.29) is 30.5 Å². The standard InChI is InChI=1S/C27H34FN7O5/c1-17(2)14-35-22-11-10-18(28)12-20(22)30-23(35)15-34-16-29-13-21(26(34)38)31-25(37)19(32-27(39)40-5)8-6-7-9-24(36)33(3)4/h7,9-13,16-17,19H,6,8,14-15H2,1-5H3,(H,31,37)(H,32,39)/b9-7+. The summed E-state index contributed by atoms with van der Waals surface area (Å²) in [6.07, 6.45) is 5.12. The number of hydrogen-bond donors (Lipinski definition) is 2. The first-order valence-corrected chi connectivity index (χ1v) is 12.7. The third kappa shape index (κ3) is 7.74. The average Bonchev–Trinajstić information content (AvgIpc) is 3.22. The van der Waals surface area contributed by atoms with Gasteiger partial charge >= 0.3 is 6.09 Å². The Bertz CT molecular complexity index is 1460. The van der Waals surface area contributed by atoms with E-state index in [0.29, 0.717) is 24.3 Å². The Hall–Kier alpha value is -4.55. The van der Waals surface area contributed by atoms with Crippen molar-refractivity contribution in [2.75, 3.05) is 26.5 Å². The molecule has 13 heteroatoms. The zero-order valence-corrected chi connectivity index (χ0v) is 23.2. The molecule has 1 atom stereocenters. The number of hydrogen-bond acceptors (Lipinski definition) is 7. The topological polar surface area (TPSA) is 140 Å². The number of imidazole rings is 1.